The topological polar surface area (TPSA) is 55.9 Å². The number of rotatable bonds is 9. The van der Waals surface area contributed by atoms with Crippen LogP contribution < -0.4 is 5.32 Å². The van der Waals surface area contributed by atoms with Gasteiger partial charge in [-0.2, -0.15) is 17.0 Å². The maximum absolute atomic E-state index is 12.7. The molecular formula is C14H32N4O2S. The largest absolute Gasteiger partial charge is 0.315 e. The Hall–Kier alpha value is -0.210. The third kappa shape index (κ3) is 5.83. The van der Waals surface area contributed by atoms with Gasteiger partial charge in [0.1, 0.15) is 0 Å². The van der Waals surface area contributed by atoms with Crippen LogP contribution in [-0.2, 0) is 10.2 Å². The highest BCUT2D eigenvalue weighted by Crippen LogP contribution is 2.11. The molecule has 0 unspecified atom stereocenters. The van der Waals surface area contributed by atoms with E-state index in [9.17, 15) is 8.42 Å². The van der Waals surface area contributed by atoms with Crippen LogP contribution in [0.4, 0.5) is 0 Å². The van der Waals surface area contributed by atoms with Gasteiger partial charge in [0.05, 0.1) is 0 Å². The molecule has 1 N–H and O–H groups in total. The zero-order chi connectivity index (χ0) is 15.7. The van der Waals surface area contributed by atoms with E-state index >= 15 is 0 Å². The van der Waals surface area contributed by atoms with E-state index in [-0.39, 0.29) is 0 Å². The van der Waals surface area contributed by atoms with Crippen LogP contribution in [0.15, 0.2) is 0 Å². The SMILES string of the molecule is CCN(CC)CCCN(CC)S(=O)(=O)N1CCCNCC1. The van der Waals surface area contributed by atoms with Crippen molar-refractivity contribution in [1.82, 2.24) is 18.8 Å². The standard InChI is InChI=1S/C14H32N4O2S/c1-4-16(5-2)11-8-13-17(6-3)21(19,20)18-12-7-9-15-10-14-18/h15H,4-14H2,1-3H3. The van der Waals surface area contributed by atoms with Crippen molar-refractivity contribution in [3.8, 4) is 0 Å². The summed E-state index contributed by atoms with van der Waals surface area (Å²) in [6, 6.07) is 0. The van der Waals surface area contributed by atoms with Gasteiger partial charge in [-0.25, -0.2) is 0 Å². The molecule has 0 spiro atoms. The Balaban J connectivity index is 2.55. The molecule has 0 amide bonds. The van der Waals surface area contributed by atoms with E-state index in [0.717, 1.165) is 45.6 Å². The van der Waals surface area contributed by atoms with Crippen LogP contribution in [0.3, 0.4) is 0 Å². The first-order chi connectivity index (χ1) is 10.1. The van der Waals surface area contributed by atoms with Gasteiger partial charge in [-0.05, 0) is 39.0 Å². The second-order valence-electron chi connectivity index (χ2n) is 5.38. The monoisotopic (exact) mass is 320 g/mol. The van der Waals surface area contributed by atoms with E-state index in [2.05, 4.69) is 24.1 Å². The van der Waals surface area contributed by atoms with Crippen molar-refractivity contribution in [2.24, 2.45) is 0 Å². The van der Waals surface area contributed by atoms with Crippen molar-refractivity contribution in [2.75, 3.05) is 58.9 Å². The van der Waals surface area contributed by atoms with Crippen molar-refractivity contribution < 1.29 is 8.42 Å². The fourth-order valence-corrected chi connectivity index (χ4v) is 4.36. The number of hydrogen-bond acceptors (Lipinski definition) is 4. The van der Waals surface area contributed by atoms with Crippen LogP contribution in [0.5, 0.6) is 0 Å². The van der Waals surface area contributed by atoms with Gasteiger partial charge in [-0.3, -0.25) is 0 Å². The highest BCUT2D eigenvalue weighted by Gasteiger charge is 2.28. The van der Waals surface area contributed by atoms with Crippen molar-refractivity contribution in [2.45, 2.75) is 33.6 Å². The Kier molecular flexibility index (Phi) is 8.73. The van der Waals surface area contributed by atoms with Crippen LogP contribution in [0.25, 0.3) is 0 Å². The third-order valence-corrected chi connectivity index (χ3v) is 6.19. The minimum absolute atomic E-state index is 0.546. The maximum Gasteiger partial charge on any atom is 0.282 e. The first-order valence-electron chi connectivity index (χ1n) is 8.24. The summed E-state index contributed by atoms with van der Waals surface area (Å²) < 4.78 is 28.6. The van der Waals surface area contributed by atoms with E-state index in [4.69, 9.17) is 0 Å². The minimum atomic E-state index is -3.30. The molecule has 126 valence electrons. The number of hydrogen-bond donors (Lipinski definition) is 1. The fraction of sp³-hybridized carbons (Fsp3) is 1.00. The van der Waals surface area contributed by atoms with E-state index in [0.29, 0.717) is 26.2 Å². The lowest BCUT2D eigenvalue weighted by atomic mass is 10.3. The molecule has 0 aromatic rings. The van der Waals surface area contributed by atoms with E-state index < -0.39 is 10.2 Å². The molecule has 1 fully saturated rings. The van der Waals surface area contributed by atoms with Crippen LogP contribution in [0.2, 0.25) is 0 Å². The normalized spacial score (nSPS) is 18.3. The zero-order valence-corrected chi connectivity index (χ0v) is 14.7. The zero-order valence-electron chi connectivity index (χ0n) is 13.8. The summed E-state index contributed by atoms with van der Waals surface area (Å²) in [4.78, 5) is 2.33. The van der Waals surface area contributed by atoms with Gasteiger partial charge in [0.25, 0.3) is 10.2 Å². The lowest BCUT2D eigenvalue weighted by Crippen LogP contribution is -2.46. The highest BCUT2D eigenvalue weighted by molar-refractivity contribution is 7.86. The van der Waals surface area contributed by atoms with Crippen LogP contribution in [0.1, 0.15) is 33.6 Å². The first-order valence-corrected chi connectivity index (χ1v) is 9.64. The molecule has 0 atom stereocenters. The highest BCUT2D eigenvalue weighted by atomic mass is 32.2. The molecule has 1 heterocycles. The molecule has 1 saturated heterocycles. The molecule has 1 rings (SSSR count). The maximum atomic E-state index is 12.7. The molecule has 0 aromatic heterocycles. The Morgan fingerprint density at radius 3 is 2.33 bits per heavy atom. The molecular weight excluding hydrogens is 288 g/mol. The van der Waals surface area contributed by atoms with Gasteiger partial charge < -0.3 is 10.2 Å². The van der Waals surface area contributed by atoms with Crippen molar-refractivity contribution >= 4 is 10.2 Å². The minimum Gasteiger partial charge on any atom is -0.315 e. The summed E-state index contributed by atoms with van der Waals surface area (Å²) >= 11 is 0. The van der Waals surface area contributed by atoms with E-state index in [1.54, 1.807) is 8.61 Å². The van der Waals surface area contributed by atoms with Crippen molar-refractivity contribution in [3.05, 3.63) is 0 Å². The Morgan fingerprint density at radius 1 is 1.00 bits per heavy atom. The van der Waals surface area contributed by atoms with Gasteiger partial charge in [-0.1, -0.05) is 20.8 Å². The summed E-state index contributed by atoms with van der Waals surface area (Å²) in [5.74, 6) is 0. The Morgan fingerprint density at radius 2 is 1.71 bits per heavy atom. The van der Waals surface area contributed by atoms with Crippen molar-refractivity contribution in [3.63, 3.8) is 0 Å². The summed E-state index contributed by atoms with van der Waals surface area (Å²) in [5, 5.41) is 3.25. The van der Waals surface area contributed by atoms with Crippen molar-refractivity contribution in [1.29, 1.82) is 0 Å². The van der Waals surface area contributed by atoms with Gasteiger partial charge >= 0.3 is 0 Å². The predicted octanol–water partition coefficient (Wildman–Crippen LogP) is 0.580. The van der Waals surface area contributed by atoms with Gasteiger partial charge in [0.15, 0.2) is 0 Å². The Labute approximate surface area is 130 Å². The second kappa shape index (κ2) is 9.74. The van der Waals surface area contributed by atoms with Gasteiger partial charge in [0, 0.05) is 32.7 Å². The summed E-state index contributed by atoms with van der Waals surface area (Å²) in [7, 11) is -3.30. The van der Waals surface area contributed by atoms with Crippen LogP contribution in [0, 0.1) is 0 Å². The first kappa shape index (κ1) is 18.8. The van der Waals surface area contributed by atoms with Gasteiger partial charge in [0.2, 0.25) is 0 Å². The smallest absolute Gasteiger partial charge is 0.282 e. The molecule has 0 bridgehead atoms. The molecule has 1 aliphatic rings. The lowest BCUT2D eigenvalue weighted by molar-refractivity contribution is 0.279. The molecule has 0 aliphatic carbocycles. The molecule has 0 radical (unpaired) electrons. The quantitative estimate of drug-likeness (QED) is 0.675. The fourth-order valence-electron chi connectivity index (χ4n) is 2.66. The second-order valence-corrected chi connectivity index (χ2v) is 7.31. The average Bonchev–Trinajstić information content (AvgIpc) is 2.77. The number of nitrogens with zero attached hydrogens (tertiary/aromatic N) is 3. The summed E-state index contributed by atoms with van der Waals surface area (Å²) in [5.41, 5.74) is 0. The lowest BCUT2D eigenvalue weighted by Gasteiger charge is -2.29. The molecule has 21 heavy (non-hydrogen) atoms. The predicted molar refractivity (Wildman–Crippen MR) is 87.6 cm³/mol. The summed E-state index contributed by atoms with van der Waals surface area (Å²) in [6.07, 6.45) is 1.77. The van der Waals surface area contributed by atoms with Gasteiger partial charge in [-0.15, -0.1) is 0 Å². The average molecular weight is 321 g/mol. The third-order valence-electron chi connectivity index (χ3n) is 4.08. The molecule has 0 saturated carbocycles. The summed E-state index contributed by atoms with van der Waals surface area (Å²) in [6.45, 7) is 13.2. The molecule has 1 aliphatic heterocycles. The molecule has 6 nitrogen and oxygen atoms in total. The molecule has 7 heteroatoms. The Bertz CT molecular complexity index is 363. The van der Waals surface area contributed by atoms with E-state index in [1.807, 2.05) is 6.92 Å². The molecule has 0 aromatic carbocycles. The van der Waals surface area contributed by atoms with E-state index in [1.165, 1.54) is 0 Å². The number of nitrogens with one attached hydrogen (secondary N) is 1. The van der Waals surface area contributed by atoms with Crippen LogP contribution in [-0.4, -0.2) is 80.8 Å². The van der Waals surface area contributed by atoms with Crippen LogP contribution >= 0.6 is 0 Å².